The van der Waals surface area contributed by atoms with Gasteiger partial charge in [0.2, 0.25) is 0 Å². The van der Waals surface area contributed by atoms with Crippen molar-refractivity contribution in [2.45, 2.75) is 38.2 Å². The molecule has 13 heavy (non-hydrogen) atoms. The Labute approximate surface area is 81.0 Å². The standard InChI is InChI=1S/C11H19NO/c1-2-3-5-8-12-10-11-7-4-6-9-13-11/h1,11-12H,3-10H2. The Morgan fingerprint density at radius 2 is 2.38 bits per heavy atom. The van der Waals surface area contributed by atoms with Gasteiger partial charge in [-0.05, 0) is 32.2 Å². The second kappa shape index (κ2) is 6.94. The molecular formula is C11H19NO. The molecule has 2 heteroatoms. The first-order valence-electron chi connectivity index (χ1n) is 5.19. The topological polar surface area (TPSA) is 21.3 Å². The van der Waals surface area contributed by atoms with E-state index in [0.29, 0.717) is 6.10 Å². The lowest BCUT2D eigenvalue weighted by atomic mass is 10.1. The molecule has 2 nitrogen and oxygen atoms in total. The van der Waals surface area contributed by atoms with Crippen LogP contribution in [-0.2, 0) is 4.74 Å². The number of terminal acetylenes is 1. The Morgan fingerprint density at radius 3 is 3.08 bits per heavy atom. The number of rotatable bonds is 5. The zero-order valence-corrected chi connectivity index (χ0v) is 8.22. The van der Waals surface area contributed by atoms with Crippen LogP contribution in [0.15, 0.2) is 0 Å². The van der Waals surface area contributed by atoms with Crippen LogP contribution in [0.2, 0.25) is 0 Å². The van der Waals surface area contributed by atoms with Crippen molar-refractivity contribution in [3.63, 3.8) is 0 Å². The van der Waals surface area contributed by atoms with Crippen LogP contribution in [0, 0.1) is 12.3 Å². The maximum atomic E-state index is 5.58. The lowest BCUT2D eigenvalue weighted by Gasteiger charge is -2.22. The minimum Gasteiger partial charge on any atom is -0.377 e. The molecule has 0 bridgehead atoms. The lowest BCUT2D eigenvalue weighted by Crippen LogP contribution is -2.32. The summed E-state index contributed by atoms with van der Waals surface area (Å²) >= 11 is 0. The summed E-state index contributed by atoms with van der Waals surface area (Å²) in [7, 11) is 0. The zero-order chi connectivity index (χ0) is 9.36. The molecule has 0 aromatic heterocycles. The van der Waals surface area contributed by atoms with Gasteiger partial charge in [-0.3, -0.25) is 0 Å². The summed E-state index contributed by atoms with van der Waals surface area (Å²) < 4.78 is 5.58. The average Bonchev–Trinajstić information content (AvgIpc) is 2.19. The number of hydrogen-bond acceptors (Lipinski definition) is 2. The maximum Gasteiger partial charge on any atom is 0.0699 e. The highest BCUT2D eigenvalue weighted by molar-refractivity contribution is 4.83. The van der Waals surface area contributed by atoms with E-state index < -0.39 is 0 Å². The van der Waals surface area contributed by atoms with Crippen molar-refractivity contribution in [3.8, 4) is 12.3 Å². The number of ether oxygens (including phenoxy) is 1. The van der Waals surface area contributed by atoms with Gasteiger partial charge < -0.3 is 10.1 Å². The van der Waals surface area contributed by atoms with Gasteiger partial charge >= 0.3 is 0 Å². The largest absolute Gasteiger partial charge is 0.377 e. The predicted molar refractivity (Wildman–Crippen MR) is 54.5 cm³/mol. The van der Waals surface area contributed by atoms with E-state index in [1.54, 1.807) is 0 Å². The summed E-state index contributed by atoms with van der Waals surface area (Å²) in [4.78, 5) is 0. The summed E-state index contributed by atoms with van der Waals surface area (Å²) in [6.07, 6.45) is 11.3. The van der Waals surface area contributed by atoms with Crippen molar-refractivity contribution in [2.75, 3.05) is 19.7 Å². The molecule has 1 atom stereocenters. The van der Waals surface area contributed by atoms with E-state index in [0.717, 1.165) is 32.5 Å². The van der Waals surface area contributed by atoms with Crippen LogP contribution in [-0.4, -0.2) is 25.8 Å². The summed E-state index contributed by atoms with van der Waals surface area (Å²) in [6.45, 7) is 2.95. The van der Waals surface area contributed by atoms with Crippen LogP contribution < -0.4 is 5.32 Å². The van der Waals surface area contributed by atoms with E-state index in [1.165, 1.54) is 19.3 Å². The maximum absolute atomic E-state index is 5.58. The van der Waals surface area contributed by atoms with Crippen molar-refractivity contribution in [1.82, 2.24) is 5.32 Å². The summed E-state index contributed by atoms with van der Waals surface area (Å²) in [5.41, 5.74) is 0. The molecule has 1 rings (SSSR count). The van der Waals surface area contributed by atoms with Crippen molar-refractivity contribution in [2.24, 2.45) is 0 Å². The first-order valence-corrected chi connectivity index (χ1v) is 5.19. The second-order valence-electron chi connectivity index (χ2n) is 3.50. The molecule has 0 radical (unpaired) electrons. The van der Waals surface area contributed by atoms with Crippen molar-refractivity contribution in [1.29, 1.82) is 0 Å². The molecule has 1 N–H and O–H groups in total. The number of hydrogen-bond donors (Lipinski definition) is 1. The smallest absolute Gasteiger partial charge is 0.0699 e. The van der Waals surface area contributed by atoms with E-state index >= 15 is 0 Å². The fraction of sp³-hybridized carbons (Fsp3) is 0.818. The van der Waals surface area contributed by atoms with Crippen molar-refractivity contribution < 1.29 is 4.74 Å². The molecule has 1 saturated heterocycles. The van der Waals surface area contributed by atoms with Crippen LogP contribution in [0.25, 0.3) is 0 Å². The first-order chi connectivity index (χ1) is 6.43. The van der Waals surface area contributed by atoms with Crippen LogP contribution >= 0.6 is 0 Å². The van der Waals surface area contributed by atoms with Gasteiger partial charge in [-0.15, -0.1) is 12.3 Å². The molecule has 0 aromatic rings. The van der Waals surface area contributed by atoms with Gasteiger partial charge in [0.1, 0.15) is 0 Å². The molecule has 0 aliphatic carbocycles. The summed E-state index contributed by atoms with van der Waals surface area (Å²) in [5.74, 6) is 2.63. The first kappa shape index (κ1) is 10.6. The Balaban J connectivity index is 1.90. The van der Waals surface area contributed by atoms with E-state index in [-0.39, 0.29) is 0 Å². The third kappa shape index (κ3) is 4.92. The highest BCUT2D eigenvalue weighted by atomic mass is 16.5. The zero-order valence-electron chi connectivity index (χ0n) is 8.22. The third-order valence-corrected chi connectivity index (χ3v) is 2.32. The highest BCUT2D eigenvalue weighted by Crippen LogP contribution is 2.11. The average molecular weight is 181 g/mol. The van der Waals surface area contributed by atoms with Crippen molar-refractivity contribution >= 4 is 0 Å². The lowest BCUT2D eigenvalue weighted by molar-refractivity contribution is 0.0170. The van der Waals surface area contributed by atoms with E-state index in [4.69, 9.17) is 11.2 Å². The SMILES string of the molecule is C#CCCCNCC1CCCCO1. The predicted octanol–water partition coefficient (Wildman–Crippen LogP) is 1.56. The van der Waals surface area contributed by atoms with Gasteiger partial charge in [0.25, 0.3) is 0 Å². The molecule has 0 spiro atoms. The molecule has 1 aliphatic heterocycles. The van der Waals surface area contributed by atoms with Gasteiger partial charge in [-0.25, -0.2) is 0 Å². The van der Waals surface area contributed by atoms with Crippen molar-refractivity contribution in [3.05, 3.63) is 0 Å². The quantitative estimate of drug-likeness (QED) is 0.513. The fourth-order valence-electron chi connectivity index (χ4n) is 1.55. The monoisotopic (exact) mass is 181 g/mol. The van der Waals surface area contributed by atoms with Crippen LogP contribution in [0.4, 0.5) is 0 Å². The van der Waals surface area contributed by atoms with E-state index in [1.807, 2.05) is 0 Å². The van der Waals surface area contributed by atoms with Gasteiger partial charge in [0.15, 0.2) is 0 Å². The Kier molecular flexibility index (Phi) is 5.64. The van der Waals surface area contributed by atoms with Crippen LogP contribution in [0.3, 0.4) is 0 Å². The Hall–Kier alpha value is -0.520. The van der Waals surface area contributed by atoms with Gasteiger partial charge in [-0.2, -0.15) is 0 Å². The van der Waals surface area contributed by atoms with Crippen LogP contribution in [0.1, 0.15) is 32.1 Å². The molecule has 1 heterocycles. The van der Waals surface area contributed by atoms with E-state index in [2.05, 4.69) is 11.2 Å². The summed E-state index contributed by atoms with van der Waals surface area (Å²) in [6, 6.07) is 0. The van der Waals surface area contributed by atoms with E-state index in [9.17, 15) is 0 Å². The molecule has 1 unspecified atom stereocenters. The molecule has 0 amide bonds. The molecule has 0 saturated carbocycles. The molecule has 1 aliphatic rings. The Bertz CT molecular complexity index is 156. The minimum atomic E-state index is 0.444. The van der Waals surface area contributed by atoms with Crippen LogP contribution in [0.5, 0.6) is 0 Å². The molecule has 0 aromatic carbocycles. The van der Waals surface area contributed by atoms with Gasteiger partial charge in [0.05, 0.1) is 6.10 Å². The number of unbranched alkanes of at least 4 members (excludes halogenated alkanes) is 1. The number of nitrogens with one attached hydrogen (secondary N) is 1. The fourth-order valence-corrected chi connectivity index (χ4v) is 1.55. The highest BCUT2D eigenvalue weighted by Gasteiger charge is 2.12. The van der Waals surface area contributed by atoms with Gasteiger partial charge in [-0.1, -0.05) is 0 Å². The third-order valence-electron chi connectivity index (χ3n) is 2.32. The molecule has 1 fully saturated rings. The molecular weight excluding hydrogens is 162 g/mol. The van der Waals surface area contributed by atoms with Gasteiger partial charge in [0, 0.05) is 19.6 Å². The minimum absolute atomic E-state index is 0.444. The second-order valence-corrected chi connectivity index (χ2v) is 3.50. The normalized spacial score (nSPS) is 22.5. The summed E-state index contributed by atoms with van der Waals surface area (Å²) in [5, 5.41) is 3.37. The molecule has 74 valence electrons. The Morgan fingerprint density at radius 1 is 1.46 bits per heavy atom.